The van der Waals surface area contributed by atoms with Gasteiger partial charge in [-0.25, -0.2) is 0 Å². The Morgan fingerprint density at radius 2 is 0.700 bits per heavy atom. The van der Waals surface area contributed by atoms with Gasteiger partial charge in [0, 0.05) is 26.2 Å². The van der Waals surface area contributed by atoms with Gasteiger partial charge in [0.25, 0.3) is 0 Å². The van der Waals surface area contributed by atoms with Crippen LogP contribution in [0.15, 0.2) is 0 Å². The molecule has 0 aliphatic carbocycles. The lowest BCUT2D eigenvalue weighted by Gasteiger charge is -2.14. The van der Waals surface area contributed by atoms with Crippen molar-refractivity contribution in [3.8, 4) is 0 Å². The van der Waals surface area contributed by atoms with E-state index in [1.54, 1.807) is 0 Å². The van der Waals surface area contributed by atoms with Crippen molar-refractivity contribution >= 4 is 0 Å². The zero-order chi connectivity index (χ0) is 14.5. The van der Waals surface area contributed by atoms with Crippen LogP contribution in [0.5, 0.6) is 0 Å². The highest BCUT2D eigenvalue weighted by molar-refractivity contribution is 4.64. The third kappa shape index (κ3) is 10.5. The fourth-order valence-corrected chi connectivity index (χ4v) is 2.22. The fraction of sp³-hybridized carbons (Fsp3) is 1.00. The third-order valence-corrected chi connectivity index (χ3v) is 3.57. The Hall–Kier alpha value is -0.240. The van der Waals surface area contributed by atoms with Gasteiger partial charge in [0.15, 0.2) is 0 Å². The molecule has 6 N–H and O–H groups in total. The Morgan fingerprint density at radius 1 is 0.450 bits per heavy atom. The Morgan fingerprint density at radius 3 is 0.950 bits per heavy atom. The molecule has 1 aliphatic heterocycles. The first-order valence-electron chi connectivity index (χ1n) is 7.98. The minimum atomic E-state index is -0.218. The lowest BCUT2D eigenvalue weighted by atomic mass is 10.2. The lowest BCUT2D eigenvalue weighted by Crippen LogP contribution is -2.34. The van der Waals surface area contributed by atoms with Crippen LogP contribution in [0.4, 0.5) is 0 Å². The van der Waals surface area contributed by atoms with Crippen LogP contribution in [0.1, 0.15) is 25.7 Å². The quantitative estimate of drug-likeness (QED) is 0.330. The predicted octanol–water partition coefficient (Wildman–Crippen LogP) is -1.36. The highest BCUT2D eigenvalue weighted by atomic mass is 16.3. The van der Waals surface area contributed by atoms with E-state index in [1.807, 2.05) is 0 Å². The molecule has 1 heterocycles. The number of hydrogen-bond donors (Lipinski definition) is 6. The monoisotopic (exact) mass is 288 g/mol. The molecule has 1 fully saturated rings. The van der Waals surface area contributed by atoms with Gasteiger partial charge in [-0.05, 0) is 51.9 Å². The molecule has 0 spiro atoms. The number of nitrogens with one attached hydrogen (secondary N) is 4. The van der Waals surface area contributed by atoms with Gasteiger partial charge in [0.05, 0.1) is 12.2 Å². The SMILES string of the molecule is OC1CCNCCNCCC(O)CCNCCNCC1. The van der Waals surface area contributed by atoms with Crippen LogP contribution < -0.4 is 21.3 Å². The van der Waals surface area contributed by atoms with Gasteiger partial charge in [-0.3, -0.25) is 0 Å². The fourth-order valence-electron chi connectivity index (χ4n) is 2.22. The van der Waals surface area contributed by atoms with Crippen molar-refractivity contribution in [3.05, 3.63) is 0 Å². The Kier molecular flexibility index (Phi) is 11.1. The molecule has 0 radical (unpaired) electrons. The second-order valence-corrected chi connectivity index (χ2v) is 5.46. The molecule has 1 rings (SSSR count). The number of rotatable bonds is 0. The van der Waals surface area contributed by atoms with Crippen molar-refractivity contribution in [3.63, 3.8) is 0 Å². The lowest BCUT2D eigenvalue weighted by molar-refractivity contribution is 0.151. The molecule has 20 heavy (non-hydrogen) atoms. The molecule has 0 amide bonds. The van der Waals surface area contributed by atoms with E-state index in [0.29, 0.717) is 0 Å². The van der Waals surface area contributed by atoms with Crippen LogP contribution >= 0.6 is 0 Å². The Labute approximate surface area is 122 Å². The molecular weight excluding hydrogens is 256 g/mol. The van der Waals surface area contributed by atoms with E-state index in [2.05, 4.69) is 21.3 Å². The Balaban J connectivity index is 2.16. The molecule has 0 saturated carbocycles. The van der Waals surface area contributed by atoms with Gasteiger partial charge in [-0.1, -0.05) is 0 Å². The Bertz CT molecular complexity index is 177. The average Bonchev–Trinajstić information content (AvgIpc) is 2.43. The molecule has 0 atom stereocenters. The first-order chi connectivity index (χ1) is 9.79. The number of aliphatic hydroxyl groups is 2. The topological polar surface area (TPSA) is 88.6 Å². The zero-order valence-electron chi connectivity index (χ0n) is 12.5. The summed E-state index contributed by atoms with van der Waals surface area (Å²) in [5, 5.41) is 32.8. The number of hydrogen-bond acceptors (Lipinski definition) is 6. The molecule has 0 bridgehead atoms. The summed E-state index contributed by atoms with van der Waals surface area (Å²) in [6.07, 6.45) is 2.78. The van der Waals surface area contributed by atoms with Crippen LogP contribution in [-0.2, 0) is 0 Å². The molecule has 0 aromatic rings. The van der Waals surface area contributed by atoms with Gasteiger partial charge in [-0.15, -0.1) is 0 Å². The normalized spacial score (nSPS) is 30.3. The average molecular weight is 288 g/mol. The molecule has 1 aliphatic rings. The standard InChI is InChI=1S/C14H32N4O2/c19-13-1-5-15-9-10-17-7-3-14(20)4-8-18-12-11-16-6-2-13/h13-20H,1-12H2. The summed E-state index contributed by atoms with van der Waals surface area (Å²) >= 11 is 0. The van der Waals surface area contributed by atoms with Crippen molar-refractivity contribution in [1.29, 1.82) is 0 Å². The minimum Gasteiger partial charge on any atom is -0.393 e. The van der Waals surface area contributed by atoms with Crippen molar-refractivity contribution in [2.24, 2.45) is 0 Å². The maximum absolute atomic E-state index is 9.79. The third-order valence-electron chi connectivity index (χ3n) is 3.57. The van der Waals surface area contributed by atoms with Crippen LogP contribution in [0.25, 0.3) is 0 Å². The van der Waals surface area contributed by atoms with Crippen molar-refractivity contribution in [2.45, 2.75) is 37.9 Å². The summed E-state index contributed by atoms with van der Waals surface area (Å²) in [4.78, 5) is 0. The summed E-state index contributed by atoms with van der Waals surface area (Å²) in [5.74, 6) is 0. The zero-order valence-corrected chi connectivity index (χ0v) is 12.5. The van der Waals surface area contributed by atoms with E-state index in [0.717, 1.165) is 78.0 Å². The first kappa shape index (κ1) is 17.8. The van der Waals surface area contributed by atoms with Crippen molar-refractivity contribution < 1.29 is 10.2 Å². The molecular formula is C14H32N4O2. The highest BCUT2D eigenvalue weighted by Crippen LogP contribution is 1.96. The van der Waals surface area contributed by atoms with Gasteiger partial charge in [-0.2, -0.15) is 0 Å². The molecule has 0 aromatic carbocycles. The van der Waals surface area contributed by atoms with Gasteiger partial charge < -0.3 is 31.5 Å². The van der Waals surface area contributed by atoms with Crippen molar-refractivity contribution in [1.82, 2.24) is 21.3 Å². The van der Waals surface area contributed by atoms with E-state index in [4.69, 9.17) is 0 Å². The van der Waals surface area contributed by atoms with E-state index in [-0.39, 0.29) is 12.2 Å². The van der Waals surface area contributed by atoms with E-state index in [9.17, 15) is 10.2 Å². The van der Waals surface area contributed by atoms with Crippen LogP contribution in [0.3, 0.4) is 0 Å². The van der Waals surface area contributed by atoms with E-state index in [1.165, 1.54) is 0 Å². The molecule has 1 saturated heterocycles. The summed E-state index contributed by atoms with van der Waals surface area (Å²) in [6, 6.07) is 0. The van der Waals surface area contributed by atoms with Crippen molar-refractivity contribution in [2.75, 3.05) is 52.4 Å². The van der Waals surface area contributed by atoms with Gasteiger partial charge in [0.2, 0.25) is 0 Å². The first-order valence-corrected chi connectivity index (χ1v) is 7.98. The van der Waals surface area contributed by atoms with Crippen LogP contribution in [-0.4, -0.2) is 74.8 Å². The van der Waals surface area contributed by atoms with Gasteiger partial charge >= 0.3 is 0 Å². The molecule has 120 valence electrons. The smallest absolute Gasteiger partial charge is 0.0564 e. The molecule has 0 aromatic heterocycles. The maximum atomic E-state index is 9.79. The van der Waals surface area contributed by atoms with E-state index < -0.39 is 0 Å². The maximum Gasteiger partial charge on any atom is 0.0564 e. The largest absolute Gasteiger partial charge is 0.393 e. The summed E-state index contributed by atoms with van der Waals surface area (Å²) in [7, 11) is 0. The second-order valence-electron chi connectivity index (χ2n) is 5.46. The number of aliphatic hydroxyl groups excluding tert-OH is 2. The van der Waals surface area contributed by atoms with Gasteiger partial charge in [0.1, 0.15) is 0 Å². The molecule has 6 nitrogen and oxygen atoms in total. The summed E-state index contributed by atoms with van der Waals surface area (Å²) < 4.78 is 0. The highest BCUT2D eigenvalue weighted by Gasteiger charge is 2.05. The van der Waals surface area contributed by atoms with E-state index >= 15 is 0 Å². The van der Waals surface area contributed by atoms with Crippen LogP contribution in [0.2, 0.25) is 0 Å². The second kappa shape index (κ2) is 12.5. The predicted molar refractivity (Wildman–Crippen MR) is 82.0 cm³/mol. The summed E-state index contributed by atoms with van der Waals surface area (Å²) in [6.45, 7) is 7.04. The molecule has 6 heteroatoms. The molecule has 0 unspecified atom stereocenters. The van der Waals surface area contributed by atoms with Crippen LogP contribution in [0, 0.1) is 0 Å². The minimum absolute atomic E-state index is 0.218. The summed E-state index contributed by atoms with van der Waals surface area (Å²) in [5.41, 5.74) is 0.